The summed E-state index contributed by atoms with van der Waals surface area (Å²) in [5.74, 6) is 0.103. The zero-order chi connectivity index (χ0) is 15.7. The molecule has 5 heteroatoms. The van der Waals surface area contributed by atoms with E-state index in [1.807, 2.05) is 30.0 Å². The smallest absolute Gasteiger partial charge is 0.240 e. The van der Waals surface area contributed by atoms with Crippen LogP contribution in [-0.4, -0.2) is 17.7 Å². The molecular formula is C17H15Cl2NOS. The van der Waals surface area contributed by atoms with E-state index in [0.717, 1.165) is 23.5 Å². The molecule has 22 heavy (non-hydrogen) atoms. The Bertz CT molecular complexity index is 720. The van der Waals surface area contributed by atoms with Crippen LogP contribution < -0.4 is 4.90 Å². The summed E-state index contributed by atoms with van der Waals surface area (Å²) in [6.45, 7) is 2.65. The quantitative estimate of drug-likeness (QED) is 0.720. The third kappa shape index (κ3) is 3.12. The van der Waals surface area contributed by atoms with Crippen LogP contribution in [0.15, 0.2) is 47.4 Å². The molecule has 2 aromatic rings. The highest BCUT2D eigenvalue weighted by Crippen LogP contribution is 2.35. The summed E-state index contributed by atoms with van der Waals surface area (Å²) in [5, 5.41) is 1.02. The molecule has 3 rings (SSSR count). The molecule has 0 spiro atoms. The van der Waals surface area contributed by atoms with Crippen LogP contribution in [0.5, 0.6) is 0 Å². The predicted octanol–water partition coefficient (Wildman–Crippen LogP) is 5.06. The highest BCUT2D eigenvalue weighted by Gasteiger charge is 2.28. The van der Waals surface area contributed by atoms with Crippen molar-refractivity contribution in [2.45, 2.75) is 23.5 Å². The fourth-order valence-corrected chi connectivity index (χ4v) is 4.07. The Labute approximate surface area is 144 Å². The molecular weight excluding hydrogens is 337 g/mol. The second-order valence-electron chi connectivity index (χ2n) is 5.20. The molecule has 114 valence electrons. The molecule has 1 aliphatic heterocycles. The van der Waals surface area contributed by atoms with Gasteiger partial charge in [0.2, 0.25) is 5.91 Å². The van der Waals surface area contributed by atoms with Crippen molar-refractivity contribution in [2.24, 2.45) is 0 Å². The van der Waals surface area contributed by atoms with Gasteiger partial charge in [-0.25, -0.2) is 0 Å². The van der Waals surface area contributed by atoms with Gasteiger partial charge < -0.3 is 4.90 Å². The van der Waals surface area contributed by atoms with Crippen molar-refractivity contribution in [1.82, 2.24) is 0 Å². The van der Waals surface area contributed by atoms with Crippen molar-refractivity contribution in [1.29, 1.82) is 0 Å². The van der Waals surface area contributed by atoms with Crippen molar-refractivity contribution < 1.29 is 4.79 Å². The first kappa shape index (κ1) is 15.7. The van der Waals surface area contributed by atoms with Crippen LogP contribution in [0.25, 0.3) is 0 Å². The van der Waals surface area contributed by atoms with E-state index < -0.39 is 0 Å². The van der Waals surface area contributed by atoms with Gasteiger partial charge in [-0.1, -0.05) is 41.4 Å². The van der Waals surface area contributed by atoms with E-state index in [9.17, 15) is 4.79 Å². The Morgan fingerprint density at radius 2 is 2.00 bits per heavy atom. The Hall–Kier alpha value is -1.16. The number of carbonyl (C=O) groups excluding carboxylic acids is 1. The lowest BCUT2D eigenvalue weighted by Crippen LogP contribution is -2.35. The van der Waals surface area contributed by atoms with Crippen LogP contribution >= 0.6 is 35.0 Å². The van der Waals surface area contributed by atoms with Crippen LogP contribution in [0.3, 0.4) is 0 Å². The fourth-order valence-electron chi connectivity index (χ4n) is 2.59. The highest BCUT2D eigenvalue weighted by atomic mass is 35.5. The molecule has 1 heterocycles. The summed E-state index contributed by atoms with van der Waals surface area (Å²) in [6.07, 6.45) is 0.914. The van der Waals surface area contributed by atoms with Crippen LogP contribution in [0.4, 0.5) is 5.69 Å². The lowest BCUT2D eigenvalue weighted by atomic mass is 10.2. The Morgan fingerprint density at radius 3 is 2.82 bits per heavy atom. The van der Waals surface area contributed by atoms with E-state index in [-0.39, 0.29) is 11.2 Å². The molecule has 1 aliphatic rings. The fraction of sp³-hybridized carbons (Fsp3) is 0.235. The summed E-state index contributed by atoms with van der Waals surface area (Å²) < 4.78 is 0. The lowest BCUT2D eigenvalue weighted by molar-refractivity contribution is -0.117. The van der Waals surface area contributed by atoms with Gasteiger partial charge in [0, 0.05) is 22.2 Å². The van der Waals surface area contributed by atoms with Gasteiger partial charge in [0.25, 0.3) is 0 Å². The Morgan fingerprint density at radius 1 is 1.23 bits per heavy atom. The van der Waals surface area contributed by atoms with Crippen molar-refractivity contribution in [3.05, 3.63) is 58.1 Å². The first-order valence-corrected chi connectivity index (χ1v) is 8.71. The number of benzene rings is 2. The zero-order valence-electron chi connectivity index (χ0n) is 12.1. The van der Waals surface area contributed by atoms with Crippen molar-refractivity contribution in [2.75, 3.05) is 11.4 Å². The maximum atomic E-state index is 12.7. The molecule has 2 aromatic carbocycles. The van der Waals surface area contributed by atoms with E-state index in [2.05, 4.69) is 6.07 Å². The minimum Gasteiger partial charge on any atom is -0.311 e. The normalized spacial score (nSPS) is 14.8. The van der Waals surface area contributed by atoms with Gasteiger partial charge in [-0.2, -0.15) is 0 Å². The Kier molecular flexibility index (Phi) is 4.67. The van der Waals surface area contributed by atoms with Crippen molar-refractivity contribution >= 4 is 46.6 Å². The number of para-hydroxylation sites is 1. The van der Waals surface area contributed by atoms with E-state index in [0.29, 0.717) is 10.0 Å². The van der Waals surface area contributed by atoms with Gasteiger partial charge in [-0.3, -0.25) is 4.79 Å². The van der Waals surface area contributed by atoms with Crippen molar-refractivity contribution in [3.8, 4) is 0 Å². The number of halogens is 2. The number of fused-ring (bicyclic) bond motifs is 1. The topological polar surface area (TPSA) is 20.3 Å². The minimum atomic E-state index is -0.220. The maximum absolute atomic E-state index is 12.7. The second-order valence-corrected chi connectivity index (χ2v) is 7.43. The number of thioether (sulfide) groups is 1. The molecule has 0 unspecified atom stereocenters. The highest BCUT2D eigenvalue weighted by molar-refractivity contribution is 8.00. The van der Waals surface area contributed by atoms with Gasteiger partial charge in [0.05, 0.1) is 10.3 Å². The summed E-state index contributed by atoms with van der Waals surface area (Å²) >= 11 is 13.6. The van der Waals surface area contributed by atoms with Gasteiger partial charge in [-0.15, -0.1) is 11.8 Å². The third-order valence-electron chi connectivity index (χ3n) is 3.70. The molecule has 0 saturated heterocycles. The van der Waals surface area contributed by atoms with Crippen LogP contribution in [-0.2, 0) is 11.2 Å². The molecule has 0 radical (unpaired) electrons. The number of anilines is 1. The number of hydrogen-bond acceptors (Lipinski definition) is 2. The Balaban J connectivity index is 1.77. The summed E-state index contributed by atoms with van der Waals surface area (Å²) in [4.78, 5) is 15.4. The number of amides is 1. The van der Waals surface area contributed by atoms with Gasteiger partial charge >= 0.3 is 0 Å². The number of hydrogen-bond donors (Lipinski definition) is 0. The van der Waals surface area contributed by atoms with Gasteiger partial charge in [-0.05, 0) is 43.2 Å². The molecule has 0 aromatic heterocycles. The molecule has 1 amide bonds. The van der Waals surface area contributed by atoms with Crippen LogP contribution in [0, 0.1) is 0 Å². The standard InChI is InChI=1S/C17H15Cl2NOS/c1-11(22-16-10-13(18)6-7-14(16)19)17(21)20-9-8-12-4-2-3-5-15(12)20/h2-7,10-11H,8-9H2,1H3/t11-/m1/s1. The van der Waals surface area contributed by atoms with E-state index >= 15 is 0 Å². The second kappa shape index (κ2) is 6.53. The average Bonchev–Trinajstić information content (AvgIpc) is 2.94. The molecule has 0 saturated carbocycles. The maximum Gasteiger partial charge on any atom is 0.240 e. The SMILES string of the molecule is C[C@@H](Sc1cc(Cl)ccc1Cl)C(=O)N1CCc2ccccc21. The minimum absolute atomic E-state index is 0.103. The molecule has 1 atom stereocenters. The molecule has 0 N–H and O–H groups in total. The lowest BCUT2D eigenvalue weighted by Gasteiger charge is -2.21. The van der Waals surface area contributed by atoms with Gasteiger partial charge in [0.1, 0.15) is 0 Å². The predicted molar refractivity (Wildman–Crippen MR) is 94.3 cm³/mol. The van der Waals surface area contributed by atoms with Crippen molar-refractivity contribution in [3.63, 3.8) is 0 Å². The summed E-state index contributed by atoms with van der Waals surface area (Å²) in [5.41, 5.74) is 2.26. The molecule has 2 nitrogen and oxygen atoms in total. The summed E-state index contributed by atoms with van der Waals surface area (Å²) in [7, 11) is 0. The first-order chi connectivity index (χ1) is 10.6. The van der Waals surface area contributed by atoms with E-state index in [1.165, 1.54) is 17.3 Å². The van der Waals surface area contributed by atoms with Crippen LogP contribution in [0.2, 0.25) is 10.0 Å². The third-order valence-corrected chi connectivity index (χ3v) is 5.52. The largest absolute Gasteiger partial charge is 0.311 e. The monoisotopic (exact) mass is 351 g/mol. The first-order valence-electron chi connectivity index (χ1n) is 7.07. The zero-order valence-corrected chi connectivity index (χ0v) is 14.4. The van der Waals surface area contributed by atoms with Gasteiger partial charge in [0.15, 0.2) is 0 Å². The number of carbonyl (C=O) groups is 1. The van der Waals surface area contributed by atoms with E-state index in [4.69, 9.17) is 23.2 Å². The van der Waals surface area contributed by atoms with E-state index in [1.54, 1.807) is 18.2 Å². The number of rotatable bonds is 3. The molecule has 0 aliphatic carbocycles. The molecule has 0 bridgehead atoms. The molecule has 0 fully saturated rings. The number of nitrogens with zero attached hydrogens (tertiary/aromatic N) is 1. The summed E-state index contributed by atoms with van der Waals surface area (Å²) in [6, 6.07) is 13.4. The van der Waals surface area contributed by atoms with Crippen LogP contribution in [0.1, 0.15) is 12.5 Å². The average molecular weight is 352 g/mol.